The van der Waals surface area contributed by atoms with Crippen LogP contribution in [0.15, 0.2) is 53.9 Å². The number of primary amides is 1. The fraction of sp³-hybridized carbons (Fsp3) is 0.0435. The van der Waals surface area contributed by atoms with Crippen molar-refractivity contribution in [2.45, 2.75) is 6.42 Å². The molecule has 0 saturated heterocycles. The minimum absolute atomic E-state index is 0.427. The van der Waals surface area contributed by atoms with Gasteiger partial charge in [-0.05, 0) is 109 Å². The number of carbonyl (C=O) groups is 1. The molecule has 7 heteroatoms. The van der Waals surface area contributed by atoms with E-state index >= 15 is 0 Å². The number of nitrogens with zero attached hydrogens (tertiary/aromatic N) is 1. The molecule has 0 bridgehead atoms. The molecule has 1 aromatic heterocycles. The van der Waals surface area contributed by atoms with Gasteiger partial charge in [-0.2, -0.15) is 0 Å². The van der Waals surface area contributed by atoms with Gasteiger partial charge in [-0.3, -0.25) is 4.79 Å². The number of hydrogen-bond donors (Lipinski definition) is 1. The van der Waals surface area contributed by atoms with E-state index in [9.17, 15) is 4.79 Å². The van der Waals surface area contributed by atoms with Crippen LogP contribution in [0.2, 0.25) is 0 Å². The first-order valence-electron chi connectivity index (χ1n) is 9.09. The summed E-state index contributed by atoms with van der Waals surface area (Å²) in [5, 5.41) is 2.88. The zero-order chi connectivity index (χ0) is 21.0. The molecule has 0 unspecified atom stereocenters. The molecule has 1 aliphatic carbocycles. The number of nitrogens with two attached hydrogens (primary N) is 1. The van der Waals surface area contributed by atoms with Gasteiger partial charge in [0.25, 0.3) is 0 Å². The van der Waals surface area contributed by atoms with Crippen molar-refractivity contribution in [3.8, 4) is 33.0 Å². The van der Waals surface area contributed by atoms with Gasteiger partial charge in [0.2, 0.25) is 5.91 Å². The lowest BCUT2D eigenvalue weighted by atomic mass is 10.0. The topological polar surface area (TPSA) is 56.0 Å². The highest BCUT2D eigenvalue weighted by molar-refractivity contribution is 14.1. The van der Waals surface area contributed by atoms with Crippen LogP contribution in [0.1, 0.15) is 21.5 Å². The molecule has 0 fully saturated rings. The van der Waals surface area contributed by atoms with Crippen molar-refractivity contribution in [3.63, 3.8) is 0 Å². The van der Waals surface area contributed by atoms with E-state index in [2.05, 4.69) is 116 Å². The first kappa shape index (κ1) is 20.8. The lowest BCUT2D eigenvalue weighted by Crippen LogP contribution is -2.14. The molecule has 1 amide bonds. The second-order valence-electron chi connectivity index (χ2n) is 7.02. The third-order valence-corrected chi connectivity index (χ3v) is 11.2. The van der Waals surface area contributed by atoms with E-state index in [-0.39, 0.29) is 0 Å². The molecular formula is C23H13I3N2OS. The molecule has 3 aromatic carbocycles. The number of aromatic nitrogens is 1. The zero-order valence-electron chi connectivity index (χ0n) is 15.4. The molecule has 0 spiro atoms. The standard InChI is InChI=1S/C23H13I3N2OS/c24-17-9-16(22(27)29)19(21(26)20(17)25)23-28-18(10-30-23)12-5-6-15-13(8-12)7-11-3-1-2-4-14(11)15/h1-6,8-10H,7H2,(H2,27,29). The van der Waals surface area contributed by atoms with Gasteiger partial charge >= 0.3 is 0 Å². The molecule has 0 radical (unpaired) electrons. The Bertz CT molecular complexity index is 1350. The van der Waals surface area contributed by atoms with Crippen molar-refractivity contribution in [2.24, 2.45) is 5.73 Å². The van der Waals surface area contributed by atoms with E-state index in [4.69, 9.17) is 10.7 Å². The Hall–Kier alpha value is -1.05. The molecule has 148 valence electrons. The fourth-order valence-electron chi connectivity index (χ4n) is 3.82. The SMILES string of the molecule is NC(=O)c1cc(I)c(I)c(I)c1-c1nc(-c2ccc3c(c2)Cc2ccccc2-3)cs1. The number of thiazole rings is 1. The first-order chi connectivity index (χ1) is 14.4. The number of rotatable bonds is 3. The van der Waals surface area contributed by atoms with Crippen LogP contribution >= 0.6 is 79.1 Å². The van der Waals surface area contributed by atoms with Gasteiger partial charge < -0.3 is 5.73 Å². The summed E-state index contributed by atoms with van der Waals surface area (Å²) in [5.41, 5.74) is 14.4. The third kappa shape index (κ3) is 3.51. The summed E-state index contributed by atoms with van der Waals surface area (Å²) in [4.78, 5) is 17.0. The highest BCUT2D eigenvalue weighted by atomic mass is 127. The second kappa shape index (κ2) is 8.14. The molecule has 0 saturated carbocycles. The Morgan fingerprint density at radius 2 is 1.73 bits per heavy atom. The number of amides is 1. The van der Waals surface area contributed by atoms with Gasteiger partial charge in [-0.1, -0.05) is 36.4 Å². The molecule has 5 rings (SSSR count). The van der Waals surface area contributed by atoms with Crippen molar-refractivity contribution in [3.05, 3.63) is 81.3 Å². The van der Waals surface area contributed by atoms with Crippen molar-refractivity contribution >= 4 is 85.0 Å². The van der Waals surface area contributed by atoms with Gasteiger partial charge in [-0.25, -0.2) is 4.98 Å². The predicted octanol–water partition coefficient (Wildman–Crippen LogP) is 6.96. The molecule has 30 heavy (non-hydrogen) atoms. The second-order valence-corrected chi connectivity index (χ2v) is 11.2. The van der Waals surface area contributed by atoms with Gasteiger partial charge in [-0.15, -0.1) is 11.3 Å². The van der Waals surface area contributed by atoms with Crippen molar-refractivity contribution < 1.29 is 4.79 Å². The summed E-state index contributed by atoms with van der Waals surface area (Å²) >= 11 is 8.39. The minimum atomic E-state index is -0.427. The molecule has 0 aliphatic heterocycles. The number of fused-ring (bicyclic) bond motifs is 3. The molecule has 1 aliphatic rings. The van der Waals surface area contributed by atoms with Crippen molar-refractivity contribution in [1.29, 1.82) is 0 Å². The lowest BCUT2D eigenvalue weighted by Gasteiger charge is -2.10. The van der Waals surface area contributed by atoms with E-state index < -0.39 is 5.91 Å². The highest BCUT2D eigenvalue weighted by Crippen LogP contribution is 2.41. The highest BCUT2D eigenvalue weighted by Gasteiger charge is 2.22. The van der Waals surface area contributed by atoms with Crippen LogP contribution in [-0.2, 0) is 6.42 Å². The molecule has 2 N–H and O–H groups in total. The van der Waals surface area contributed by atoms with Crippen LogP contribution in [-0.4, -0.2) is 10.9 Å². The maximum Gasteiger partial charge on any atom is 0.249 e. The Balaban J connectivity index is 1.58. The quantitative estimate of drug-likeness (QED) is 0.161. The summed E-state index contributed by atoms with van der Waals surface area (Å²) in [6.45, 7) is 0. The van der Waals surface area contributed by atoms with Crippen LogP contribution in [0.3, 0.4) is 0 Å². The Morgan fingerprint density at radius 1 is 0.967 bits per heavy atom. The largest absolute Gasteiger partial charge is 0.366 e. The van der Waals surface area contributed by atoms with E-state index in [0.717, 1.165) is 39.0 Å². The lowest BCUT2D eigenvalue weighted by molar-refractivity contribution is 0.100. The molecule has 4 aromatic rings. The van der Waals surface area contributed by atoms with E-state index in [1.54, 1.807) is 11.3 Å². The maximum absolute atomic E-state index is 12.1. The zero-order valence-corrected chi connectivity index (χ0v) is 22.7. The van der Waals surface area contributed by atoms with Crippen LogP contribution in [0.25, 0.3) is 33.0 Å². The van der Waals surface area contributed by atoms with Crippen LogP contribution in [0, 0.1) is 10.7 Å². The van der Waals surface area contributed by atoms with Gasteiger partial charge in [0.15, 0.2) is 0 Å². The molecular weight excluding hydrogens is 733 g/mol. The average molecular weight is 746 g/mol. The number of halogens is 3. The average Bonchev–Trinajstić information content (AvgIpc) is 3.35. The summed E-state index contributed by atoms with van der Waals surface area (Å²) in [6.07, 6.45) is 0.954. The number of benzene rings is 3. The molecule has 3 nitrogen and oxygen atoms in total. The van der Waals surface area contributed by atoms with Crippen molar-refractivity contribution in [2.75, 3.05) is 0 Å². The van der Waals surface area contributed by atoms with Gasteiger partial charge in [0.1, 0.15) is 5.01 Å². The van der Waals surface area contributed by atoms with Crippen LogP contribution in [0.5, 0.6) is 0 Å². The Kier molecular flexibility index (Phi) is 5.65. The summed E-state index contributed by atoms with van der Waals surface area (Å²) < 4.78 is 3.14. The normalized spacial score (nSPS) is 12.0. The summed E-state index contributed by atoms with van der Waals surface area (Å²) in [6, 6.07) is 17.0. The van der Waals surface area contributed by atoms with E-state index in [0.29, 0.717) is 5.56 Å². The van der Waals surface area contributed by atoms with Gasteiger partial charge in [0, 0.05) is 27.2 Å². The fourth-order valence-corrected chi connectivity index (χ4v) is 7.26. The van der Waals surface area contributed by atoms with Crippen LogP contribution in [0.4, 0.5) is 0 Å². The van der Waals surface area contributed by atoms with Crippen molar-refractivity contribution in [1.82, 2.24) is 4.98 Å². The Morgan fingerprint density at radius 3 is 2.53 bits per heavy atom. The summed E-state index contributed by atoms with van der Waals surface area (Å²) in [5.74, 6) is -0.427. The molecule has 0 atom stereocenters. The minimum Gasteiger partial charge on any atom is -0.366 e. The first-order valence-corrected chi connectivity index (χ1v) is 13.2. The summed E-state index contributed by atoms with van der Waals surface area (Å²) in [7, 11) is 0. The predicted molar refractivity (Wildman–Crippen MR) is 148 cm³/mol. The Labute approximate surface area is 218 Å². The molecule has 1 heterocycles. The van der Waals surface area contributed by atoms with E-state index in [1.807, 2.05) is 6.07 Å². The maximum atomic E-state index is 12.1. The third-order valence-electron chi connectivity index (χ3n) is 5.24. The van der Waals surface area contributed by atoms with Crippen LogP contribution < -0.4 is 5.73 Å². The number of carbonyl (C=O) groups excluding carboxylic acids is 1. The monoisotopic (exact) mass is 746 g/mol. The smallest absolute Gasteiger partial charge is 0.249 e. The van der Waals surface area contributed by atoms with Gasteiger partial charge in [0.05, 0.1) is 11.3 Å². The number of hydrogen-bond acceptors (Lipinski definition) is 3. The van der Waals surface area contributed by atoms with E-state index in [1.165, 1.54) is 22.3 Å².